The lowest BCUT2D eigenvalue weighted by atomic mass is 10.1. The van der Waals surface area contributed by atoms with E-state index in [0.29, 0.717) is 5.69 Å². The summed E-state index contributed by atoms with van der Waals surface area (Å²) in [5, 5.41) is 31.7. The largest absolute Gasteiger partial charge is 0.481 e. The highest BCUT2D eigenvalue weighted by molar-refractivity contribution is 5.71. The Morgan fingerprint density at radius 1 is 1.14 bits per heavy atom. The van der Waals surface area contributed by atoms with E-state index in [4.69, 9.17) is 4.74 Å². The predicted octanol–water partition coefficient (Wildman–Crippen LogP) is 3.34. The lowest BCUT2D eigenvalue weighted by Gasteiger charge is -2.26. The summed E-state index contributed by atoms with van der Waals surface area (Å²) in [6, 6.07) is 11.4. The fourth-order valence-electron chi connectivity index (χ4n) is 3.35. The van der Waals surface area contributed by atoms with E-state index in [1.807, 2.05) is 6.07 Å². The lowest BCUT2D eigenvalue weighted by Crippen LogP contribution is -2.40. The zero-order chi connectivity index (χ0) is 25.5. The molecule has 3 rings (SSSR count). The second-order valence-electron chi connectivity index (χ2n) is 7.57. The van der Waals surface area contributed by atoms with E-state index < -0.39 is 39.3 Å². The Morgan fingerprint density at radius 3 is 2.49 bits per heavy atom. The molecule has 3 aromatic rings. The number of ether oxygens (including phenoxy) is 1. The van der Waals surface area contributed by atoms with Crippen LogP contribution in [0.1, 0.15) is 17.7 Å². The van der Waals surface area contributed by atoms with Crippen molar-refractivity contribution in [1.29, 1.82) is 0 Å². The summed E-state index contributed by atoms with van der Waals surface area (Å²) < 4.78 is 6.58. The normalized spacial score (nSPS) is 11.5. The number of aromatic nitrogens is 2. The van der Waals surface area contributed by atoms with Crippen molar-refractivity contribution in [3.63, 3.8) is 0 Å². The number of rotatable bonds is 10. The second kappa shape index (κ2) is 10.9. The summed E-state index contributed by atoms with van der Waals surface area (Å²) in [4.78, 5) is 50.2. The number of amides is 1. The average molecular weight is 483 g/mol. The van der Waals surface area contributed by atoms with Crippen LogP contribution in [0.15, 0.2) is 61.1 Å². The fraction of sp³-hybridized carbons (Fsp3) is 0.227. The van der Waals surface area contributed by atoms with Gasteiger partial charge in [0.1, 0.15) is 12.3 Å². The maximum atomic E-state index is 12.5. The number of carboxylic acids is 1. The third kappa shape index (κ3) is 6.37. The standard InChI is InChI=1S/C22H21N5O8/c1-24(22(30)35-13-15-5-3-2-4-6-15)18(11-21(28)29)9-16-12-25(14-23-16)19-8-7-17(26(31)32)10-20(19)27(33)34/h2-8,10,12,14,18H,9,11,13H2,1H3,(H,28,29)/t18-/m0/s1. The zero-order valence-electron chi connectivity index (χ0n) is 18.5. The minimum absolute atomic E-state index is 0.0161. The molecule has 0 aliphatic rings. The number of non-ortho nitro benzene ring substituents is 1. The van der Waals surface area contributed by atoms with Gasteiger partial charge in [-0.1, -0.05) is 30.3 Å². The Bertz CT molecular complexity index is 1240. The number of hydrogen-bond acceptors (Lipinski definition) is 8. The highest BCUT2D eigenvalue weighted by atomic mass is 16.6. The third-order valence-electron chi connectivity index (χ3n) is 5.18. The summed E-state index contributed by atoms with van der Waals surface area (Å²) in [6.45, 7) is 0.0161. The van der Waals surface area contributed by atoms with Gasteiger partial charge in [0.25, 0.3) is 11.4 Å². The summed E-state index contributed by atoms with van der Waals surface area (Å²) >= 11 is 0. The van der Waals surface area contributed by atoms with Gasteiger partial charge in [0, 0.05) is 25.7 Å². The summed E-state index contributed by atoms with van der Waals surface area (Å²) in [5.41, 5.74) is 0.244. The molecule has 13 nitrogen and oxygen atoms in total. The molecule has 0 bridgehead atoms. The Balaban J connectivity index is 1.77. The maximum absolute atomic E-state index is 12.5. The van der Waals surface area contributed by atoms with Crippen molar-refractivity contribution in [1.82, 2.24) is 14.5 Å². The smallest absolute Gasteiger partial charge is 0.410 e. The van der Waals surface area contributed by atoms with Gasteiger partial charge in [-0.3, -0.25) is 29.6 Å². The molecule has 0 saturated carbocycles. The molecule has 0 radical (unpaired) electrons. The summed E-state index contributed by atoms with van der Waals surface area (Å²) in [7, 11) is 1.42. The first kappa shape index (κ1) is 24.8. The number of nitro benzene ring substituents is 2. The molecule has 35 heavy (non-hydrogen) atoms. The number of aliphatic carboxylic acids is 1. The number of imidazole rings is 1. The first-order valence-corrected chi connectivity index (χ1v) is 10.3. The van der Waals surface area contributed by atoms with Crippen molar-refractivity contribution in [2.24, 2.45) is 0 Å². The van der Waals surface area contributed by atoms with Crippen LogP contribution in [0, 0.1) is 20.2 Å². The molecular formula is C22H21N5O8. The SMILES string of the molecule is CN(C(=O)OCc1ccccc1)[C@H](CC(=O)O)Cc1cn(-c2ccc([N+](=O)[O-])cc2[N+](=O)[O-])cn1. The van der Waals surface area contributed by atoms with Gasteiger partial charge in [-0.15, -0.1) is 0 Å². The number of carboxylic acid groups (broad SMARTS) is 1. The summed E-state index contributed by atoms with van der Waals surface area (Å²) in [5.74, 6) is -1.14. The van der Waals surface area contributed by atoms with Gasteiger partial charge >= 0.3 is 12.1 Å². The number of benzene rings is 2. The number of carbonyl (C=O) groups is 2. The van der Waals surface area contributed by atoms with Crippen molar-refractivity contribution in [3.8, 4) is 5.69 Å². The van der Waals surface area contributed by atoms with Crippen LogP contribution in [-0.2, 0) is 22.6 Å². The predicted molar refractivity (Wildman–Crippen MR) is 121 cm³/mol. The molecule has 0 aliphatic heterocycles. The van der Waals surface area contributed by atoms with Crippen LogP contribution in [0.2, 0.25) is 0 Å². The topological polar surface area (TPSA) is 171 Å². The van der Waals surface area contributed by atoms with Crippen molar-refractivity contribution >= 4 is 23.4 Å². The minimum Gasteiger partial charge on any atom is -0.481 e. The van der Waals surface area contributed by atoms with Gasteiger partial charge in [0.2, 0.25) is 0 Å². The number of nitro groups is 2. The van der Waals surface area contributed by atoms with E-state index in [9.17, 15) is 34.9 Å². The number of nitrogens with zero attached hydrogens (tertiary/aromatic N) is 5. The zero-order valence-corrected chi connectivity index (χ0v) is 18.5. The molecule has 0 saturated heterocycles. The Morgan fingerprint density at radius 2 is 1.86 bits per heavy atom. The second-order valence-corrected chi connectivity index (χ2v) is 7.57. The van der Waals surface area contributed by atoms with Crippen molar-refractivity contribution in [3.05, 3.63) is 92.5 Å². The van der Waals surface area contributed by atoms with Gasteiger partial charge in [0.15, 0.2) is 0 Å². The maximum Gasteiger partial charge on any atom is 0.410 e. The highest BCUT2D eigenvalue weighted by Gasteiger charge is 2.26. The quantitative estimate of drug-likeness (QED) is 0.335. The lowest BCUT2D eigenvalue weighted by molar-refractivity contribution is -0.394. The molecule has 1 aromatic heterocycles. The molecule has 1 amide bonds. The van der Waals surface area contributed by atoms with Crippen molar-refractivity contribution in [2.75, 3.05) is 7.05 Å². The van der Waals surface area contributed by atoms with Crippen LogP contribution in [0.3, 0.4) is 0 Å². The average Bonchev–Trinajstić information content (AvgIpc) is 3.29. The molecule has 0 spiro atoms. The molecule has 0 fully saturated rings. The van der Waals surface area contributed by atoms with Crippen LogP contribution in [0.5, 0.6) is 0 Å². The first-order valence-electron chi connectivity index (χ1n) is 10.3. The molecular weight excluding hydrogens is 462 g/mol. The van der Waals surface area contributed by atoms with E-state index in [0.717, 1.165) is 17.7 Å². The molecule has 182 valence electrons. The molecule has 1 heterocycles. The van der Waals surface area contributed by atoms with Crippen LogP contribution in [0.4, 0.5) is 16.2 Å². The van der Waals surface area contributed by atoms with Gasteiger partial charge in [-0.25, -0.2) is 9.78 Å². The van der Waals surface area contributed by atoms with E-state index in [-0.39, 0.29) is 25.1 Å². The van der Waals surface area contributed by atoms with Gasteiger partial charge in [-0.2, -0.15) is 0 Å². The van der Waals surface area contributed by atoms with Gasteiger partial charge < -0.3 is 14.7 Å². The molecule has 0 aliphatic carbocycles. The monoisotopic (exact) mass is 483 g/mol. The van der Waals surface area contributed by atoms with Gasteiger partial charge in [-0.05, 0) is 11.6 Å². The van der Waals surface area contributed by atoms with Crippen LogP contribution in [-0.4, -0.2) is 54.6 Å². The molecule has 1 N–H and O–H groups in total. The molecule has 2 aromatic carbocycles. The number of hydrogen-bond donors (Lipinski definition) is 1. The Kier molecular flexibility index (Phi) is 7.71. The summed E-state index contributed by atoms with van der Waals surface area (Å²) in [6.07, 6.45) is 1.63. The minimum atomic E-state index is -1.14. The van der Waals surface area contributed by atoms with Crippen molar-refractivity contribution < 1.29 is 29.3 Å². The molecule has 13 heteroatoms. The number of likely N-dealkylation sites (N-methyl/N-ethyl adjacent to an activating group) is 1. The Labute approximate surface area is 198 Å². The Hall–Kier alpha value is -4.81. The van der Waals surface area contributed by atoms with Gasteiger partial charge in [0.05, 0.1) is 40.4 Å². The first-order chi connectivity index (χ1) is 16.7. The molecule has 1 atom stereocenters. The van der Waals surface area contributed by atoms with E-state index in [1.54, 1.807) is 24.3 Å². The van der Waals surface area contributed by atoms with E-state index in [2.05, 4.69) is 4.98 Å². The third-order valence-corrected chi connectivity index (χ3v) is 5.18. The van der Waals surface area contributed by atoms with Crippen LogP contribution >= 0.6 is 0 Å². The van der Waals surface area contributed by atoms with Crippen LogP contribution in [0.25, 0.3) is 5.69 Å². The van der Waals surface area contributed by atoms with Crippen molar-refractivity contribution in [2.45, 2.75) is 25.5 Å². The van der Waals surface area contributed by atoms with E-state index in [1.165, 1.54) is 35.1 Å². The highest BCUT2D eigenvalue weighted by Crippen LogP contribution is 2.28. The molecule has 0 unspecified atom stereocenters. The fourth-order valence-corrected chi connectivity index (χ4v) is 3.35. The van der Waals surface area contributed by atoms with Crippen LogP contribution < -0.4 is 0 Å². The number of carbonyl (C=O) groups excluding carboxylic acids is 1. The van der Waals surface area contributed by atoms with E-state index >= 15 is 0 Å².